The van der Waals surface area contributed by atoms with Gasteiger partial charge in [0.15, 0.2) is 0 Å². The number of ether oxygens (including phenoxy) is 1. The molecule has 21 heavy (non-hydrogen) atoms. The minimum absolute atomic E-state index is 0.218. The van der Waals surface area contributed by atoms with Gasteiger partial charge in [0.1, 0.15) is 5.75 Å². The number of nitrogens with one attached hydrogen (secondary N) is 1. The summed E-state index contributed by atoms with van der Waals surface area (Å²) in [6.45, 7) is 9.38. The number of aromatic nitrogens is 2. The largest absolute Gasteiger partial charge is 0.496 e. The van der Waals surface area contributed by atoms with Crippen LogP contribution in [0.1, 0.15) is 49.7 Å². The molecule has 0 spiro atoms. The molecule has 4 nitrogen and oxygen atoms in total. The third-order valence-electron chi connectivity index (χ3n) is 3.74. The lowest BCUT2D eigenvalue weighted by Crippen LogP contribution is -2.21. The lowest BCUT2D eigenvalue weighted by atomic mass is 10.0. The lowest BCUT2D eigenvalue weighted by Gasteiger charge is -2.19. The summed E-state index contributed by atoms with van der Waals surface area (Å²) in [5.41, 5.74) is 3.63. The van der Waals surface area contributed by atoms with Crippen LogP contribution in [0.25, 0.3) is 0 Å². The molecule has 2 rings (SSSR count). The van der Waals surface area contributed by atoms with Crippen LogP contribution in [0.3, 0.4) is 0 Å². The molecule has 1 N–H and O–H groups in total. The average molecular weight is 287 g/mol. The standard InChI is InChI=1S/C17H25N3O/c1-12(2)20-11-18-9-15(20)10-19-14(4)16-8-13(3)6-7-17(16)21-5/h6-9,11-12,14,19H,10H2,1-5H3. The van der Waals surface area contributed by atoms with E-state index in [-0.39, 0.29) is 6.04 Å². The van der Waals surface area contributed by atoms with Crippen molar-refractivity contribution in [3.63, 3.8) is 0 Å². The van der Waals surface area contributed by atoms with E-state index in [0.717, 1.165) is 12.3 Å². The number of hydrogen-bond acceptors (Lipinski definition) is 3. The average Bonchev–Trinajstić information content (AvgIpc) is 2.93. The summed E-state index contributed by atoms with van der Waals surface area (Å²) in [7, 11) is 1.72. The highest BCUT2D eigenvalue weighted by atomic mass is 16.5. The Morgan fingerprint density at radius 2 is 2.05 bits per heavy atom. The van der Waals surface area contributed by atoms with Crippen LogP contribution >= 0.6 is 0 Å². The van der Waals surface area contributed by atoms with Crippen molar-refractivity contribution in [3.8, 4) is 5.75 Å². The van der Waals surface area contributed by atoms with E-state index in [9.17, 15) is 0 Å². The van der Waals surface area contributed by atoms with Gasteiger partial charge in [-0.3, -0.25) is 0 Å². The maximum absolute atomic E-state index is 5.46. The Kier molecular flexibility index (Phi) is 5.02. The Labute approximate surface area is 127 Å². The Bertz CT molecular complexity index is 589. The third kappa shape index (κ3) is 3.64. The first-order valence-corrected chi connectivity index (χ1v) is 7.41. The van der Waals surface area contributed by atoms with Crippen LogP contribution in [-0.4, -0.2) is 16.7 Å². The smallest absolute Gasteiger partial charge is 0.123 e. The molecule has 0 saturated carbocycles. The highest BCUT2D eigenvalue weighted by molar-refractivity contribution is 5.38. The van der Waals surface area contributed by atoms with Crippen LogP contribution in [0.4, 0.5) is 0 Å². The molecule has 0 fully saturated rings. The zero-order valence-electron chi connectivity index (χ0n) is 13.6. The van der Waals surface area contributed by atoms with E-state index in [1.54, 1.807) is 7.11 Å². The first kappa shape index (κ1) is 15.6. The first-order chi connectivity index (χ1) is 10.0. The van der Waals surface area contributed by atoms with Gasteiger partial charge in [-0.1, -0.05) is 17.7 Å². The molecular formula is C17H25N3O. The second-order valence-corrected chi connectivity index (χ2v) is 5.73. The van der Waals surface area contributed by atoms with E-state index in [1.165, 1.54) is 16.8 Å². The Balaban J connectivity index is 2.10. The number of nitrogens with zero attached hydrogens (tertiary/aromatic N) is 2. The van der Waals surface area contributed by atoms with Crippen molar-refractivity contribution in [2.45, 2.75) is 46.3 Å². The second kappa shape index (κ2) is 6.76. The van der Waals surface area contributed by atoms with Crippen molar-refractivity contribution in [2.75, 3.05) is 7.11 Å². The van der Waals surface area contributed by atoms with Crippen molar-refractivity contribution in [1.29, 1.82) is 0 Å². The van der Waals surface area contributed by atoms with Gasteiger partial charge in [-0.15, -0.1) is 0 Å². The van der Waals surface area contributed by atoms with E-state index in [1.807, 2.05) is 18.6 Å². The molecule has 0 aliphatic carbocycles. The quantitative estimate of drug-likeness (QED) is 0.881. The number of methoxy groups -OCH3 is 1. The van der Waals surface area contributed by atoms with Crippen molar-refractivity contribution in [1.82, 2.24) is 14.9 Å². The number of benzene rings is 1. The highest BCUT2D eigenvalue weighted by Gasteiger charge is 2.13. The molecule has 114 valence electrons. The summed E-state index contributed by atoms with van der Waals surface area (Å²) in [4.78, 5) is 4.24. The molecule has 4 heteroatoms. The molecule has 2 aromatic rings. The van der Waals surface area contributed by atoms with Crippen LogP contribution in [-0.2, 0) is 6.54 Å². The maximum Gasteiger partial charge on any atom is 0.123 e. The molecule has 0 amide bonds. The van der Waals surface area contributed by atoms with Crippen molar-refractivity contribution >= 4 is 0 Å². The van der Waals surface area contributed by atoms with E-state index in [2.05, 4.69) is 54.7 Å². The SMILES string of the molecule is COc1ccc(C)cc1C(C)NCc1cncn1C(C)C. The third-order valence-corrected chi connectivity index (χ3v) is 3.74. The molecular weight excluding hydrogens is 262 g/mol. The zero-order chi connectivity index (χ0) is 15.4. The van der Waals surface area contributed by atoms with Crippen molar-refractivity contribution in [3.05, 3.63) is 47.5 Å². The summed E-state index contributed by atoms with van der Waals surface area (Å²) in [6, 6.07) is 6.92. The normalized spacial score (nSPS) is 12.7. The number of hydrogen-bond donors (Lipinski definition) is 1. The fourth-order valence-electron chi connectivity index (χ4n) is 2.49. The zero-order valence-corrected chi connectivity index (χ0v) is 13.6. The molecule has 0 bridgehead atoms. The van der Waals surface area contributed by atoms with Crippen LogP contribution in [0, 0.1) is 6.92 Å². The molecule has 0 aliphatic rings. The molecule has 1 aromatic heterocycles. The fourth-order valence-corrected chi connectivity index (χ4v) is 2.49. The monoisotopic (exact) mass is 287 g/mol. The van der Waals surface area contributed by atoms with E-state index in [4.69, 9.17) is 4.74 Å². The first-order valence-electron chi connectivity index (χ1n) is 7.41. The lowest BCUT2D eigenvalue weighted by molar-refractivity contribution is 0.400. The Morgan fingerprint density at radius 3 is 2.71 bits per heavy atom. The maximum atomic E-state index is 5.46. The van der Waals surface area contributed by atoms with Gasteiger partial charge in [0.05, 0.1) is 19.1 Å². The van der Waals surface area contributed by atoms with E-state index in [0.29, 0.717) is 6.04 Å². The summed E-state index contributed by atoms with van der Waals surface area (Å²) >= 11 is 0. The second-order valence-electron chi connectivity index (χ2n) is 5.73. The summed E-state index contributed by atoms with van der Waals surface area (Å²) in [6.07, 6.45) is 3.81. The van der Waals surface area contributed by atoms with Gasteiger partial charge in [0, 0.05) is 30.4 Å². The predicted molar refractivity (Wildman–Crippen MR) is 85.6 cm³/mol. The Hall–Kier alpha value is -1.81. The molecule has 1 unspecified atom stereocenters. The molecule has 0 aliphatic heterocycles. The van der Waals surface area contributed by atoms with Crippen LogP contribution in [0.5, 0.6) is 5.75 Å². The van der Waals surface area contributed by atoms with E-state index < -0.39 is 0 Å². The van der Waals surface area contributed by atoms with Gasteiger partial charge in [-0.25, -0.2) is 4.98 Å². The highest BCUT2D eigenvalue weighted by Crippen LogP contribution is 2.26. The topological polar surface area (TPSA) is 39.1 Å². The van der Waals surface area contributed by atoms with Crippen molar-refractivity contribution in [2.24, 2.45) is 0 Å². The minimum atomic E-state index is 0.218. The van der Waals surface area contributed by atoms with Gasteiger partial charge in [-0.05, 0) is 33.8 Å². The van der Waals surface area contributed by atoms with Crippen LogP contribution < -0.4 is 10.1 Å². The molecule has 1 heterocycles. The van der Waals surface area contributed by atoms with Gasteiger partial charge in [0.2, 0.25) is 0 Å². The van der Waals surface area contributed by atoms with Gasteiger partial charge < -0.3 is 14.6 Å². The molecule has 0 saturated heterocycles. The van der Waals surface area contributed by atoms with Gasteiger partial charge in [-0.2, -0.15) is 0 Å². The molecule has 1 atom stereocenters. The fraction of sp³-hybridized carbons (Fsp3) is 0.471. The van der Waals surface area contributed by atoms with Crippen molar-refractivity contribution < 1.29 is 4.74 Å². The summed E-state index contributed by atoms with van der Waals surface area (Å²) in [5, 5.41) is 3.56. The van der Waals surface area contributed by atoms with Crippen LogP contribution in [0.15, 0.2) is 30.7 Å². The Morgan fingerprint density at radius 1 is 1.29 bits per heavy atom. The minimum Gasteiger partial charge on any atom is -0.496 e. The van der Waals surface area contributed by atoms with Crippen LogP contribution in [0.2, 0.25) is 0 Å². The van der Waals surface area contributed by atoms with Gasteiger partial charge in [0.25, 0.3) is 0 Å². The number of aryl methyl sites for hydroxylation is 1. The number of imidazole rings is 1. The summed E-state index contributed by atoms with van der Waals surface area (Å²) in [5.74, 6) is 0.929. The predicted octanol–water partition coefficient (Wildman–Crippen LogP) is 3.63. The molecule has 0 radical (unpaired) electrons. The number of rotatable bonds is 6. The molecule has 1 aromatic carbocycles. The van der Waals surface area contributed by atoms with E-state index >= 15 is 0 Å². The van der Waals surface area contributed by atoms with Gasteiger partial charge >= 0.3 is 0 Å². The summed E-state index contributed by atoms with van der Waals surface area (Å²) < 4.78 is 7.65.